The molecule has 567 valence electrons. The minimum atomic E-state index is -1.75. The summed E-state index contributed by atoms with van der Waals surface area (Å²) in [7, 11) is 0. The van der Waals surface area contributed by atoms with Gasteiger partial charge in [-0.25, -0.2) is 0 Å². The minimum Gasteiger partial charge on any atom is -0.388 e. The first kappa shape index (κ1) is 90.0. The minimum absolute atomic E-state index is 0. The molecule has 0 aromatic carbocycles. The van der Waals surface area contributed by atoms with Crippen LogP contribution in [-0.4, -0.2) is 286 Å². The molecule has 2 unspecified atom stereocenters. The molecule has 0 aromatic rings. The summed E-state index contributed by atoms with van der Waals surface area (Å²) in [5.41, 5.74) is 0. The Bertz CT molecular complexity index is 2360. The molecule has 1 radical (unpaired) electrons. The zero-order chi connectivity index (χ0) is 71.8. The predicted octanol–water partition coefficient (Wildman–Crippen LogP) is -4.86. The van der Waals surface area contributed by atoms with Crippen LogP contribution in [0.15, 0.2) is 0 Å². The molecule has 3 fully saturated rings. The van der Waals surface area contributed by atoms with Gasteiger partial charge in [-0.3, -0.25) is 48.1 Å². The summed E-state index contributed by atoms with van der Waals surface area (Å²) in [6, 6.07) is -5.79. The first-order valence-corrected chi connectivity index (χ1v) is 34.9. The van der Waals surface area contributed by atoms with Gasteiger partial charge in [0.2, 0.25) is 53.2 Å². The first-order valence-electron chi connectivity index (χ1n) is 33.6. The van der Waals surface area contributed by atoms with Crippen molar-refractivity contribution in [1.29, 1.82) is 0 Å². The molecule has 0 spiro atoms. The third-order valence-corrected chi connectivity index (χ3v) is 16.5. The van der Waals surface area contributed by atoms with E-state index in [1.807, 2.05) is 4.90 Å². The van der Waals surface area contributed by atoms with E-state index in [0.717, 1.165) is 0 Å². The van der Waals surface area contributed by atoms with E-state index in [4.69, 9.17) is 28.4 Å². The summed E-state index contributed by atoms with van der Waals surface area (Å²) in [6.45, 7) is 6.39. The number of amides is 9. The SMILES string of the molecule is CC(=O)N[C@H]1[C@H](OCCCCCCNC(=O)CCC(NC(=O)CCC(NC(=O)CCCCCN(CCS)CC(=O)NCCS)C(=O)NCCCCCCO[C@@H]2O[C@H](O)[C@H](O)[C@H](O)[C@H]2NC(C)=O)C(=O)NCCCCCCO[C@@H]2O[C@H](O)[C@H](O)[C@H](O)[C@H]2NC(C)=O)O[C@H](O)[C@H](O)[C@@H]1O.[99Tc]. The Kier molecular flexibility index (Phi) is 47.0. The Morgan fingerprint density at radius 1 is 0.398 bits per heavy atom. The van der Waals surface area contributed by atoms with Crippen LogP contribution in [0.1, 0.15) is 149 Å². The van der Waals surface area contributed by atoms with Crippen LogP contribution >= 0.6 is 25.3 Å². The molecule has 9 amide bonds. The fourth-order valence-corrected chi connectivity index (χ4v) is 11.1. The van der Waals surface area contributed by atoms with Crippen LogP contribution in [0.25, 0.3) is 0 Å². The topological polar surface area (TPSA) is 503 Å². The molecule has 3 rings (SSSR count). The maximum absolute atomic E-state index is 13.8. The number of aliphatic hydroxyl groups excluding tert-OH is 9. The van der Waals surface area contributed by atoms with Crippen LogP contribution in [0.5, 0.6) is 0 Å². The van der Waals surface area contributed by atoms with Crippen LogP contribution < -0.4 is 47.9 Å². The molecule has 98 heavy (non-hydrogen) atoms. The van der Waals surface area contributed by atoms with Gasteiger partial charge in [0, 0.05) is 124 Å². The number of carbonyl (C=O) groups is 9. The summed E-state index contributed by atoms with van der Waals surface area (Å²) in [4.78, 5) is 118. The number of rotatable bonds is 49. The van der Waals surface area contributed by atoms with E-state index in [-0.39, 0.29) is 104 Å². The molecule has 0 saturated carbocycles. The summed E-state index contributed by atoms with van der Waals surface area (Å²) in [5, 5.41) is 115. The number of thiol groups is 2. The Labute approximate surface area is 596 Å². The summed E-state index contributed by atoms with van der Waals surface area (Å²) >= 11 is 8.45. The van der Waals surface area contributed by atoms with Gasteiger partial charge in [0.05, 0.1) is 6.54 Å². The molecular formula is C61H110N10O24S2Tc. The summed E-state index contributed by atoms with van der Waals surface area (Å²) < 4.78 is 32.8. The van der Waals surface area contributed by atoms with Crippen molar-refractivity contribution in [1.82, 2.24) is 52.8 Å². The Balaban J connectivity index is 0.0000327. The Hall–Kier alpha value is -4.06. The zero-order valence-corrected chi connectivity index (χ0v) is 60.0. The van der Waals surface area contributed by atoms with Crippen molar-refractivity contribution in [3.63, 3.8) is 0 Å². The maximum atomic E-state index is 13.8. The van der Waals surface area contributed by atoms with Gasteiger partial charge in [-0.2, -0.15) is 25.3 Å². The van der Waals surface area contributed by atoms with E-state index < -0.39 is 152 Å². The second-order valence-corrected chi connectivity index (χ2v) is 25.2. The van der Waals surface area contributed by atoms with Gasteiger partial charge in [-0.15, -0.1) is 0 Å². The fraction of sp³-hybridized carbons (Fsp3) is 0.852. The maximum Gasteiger partial charge on any atom is 0.242 e. The van der Waals surface area contributed by atoms with E-state index in [1.54, 1.807) is 0 Å². The largest absolute Gasteiger partial charge is 0.388 e. The van der Waals surface area contributed by atoms with Crippen LogP contribution in [-0.2, 0) is 91.7 Å². The van der Waals surface area contributed by atoms with Gasteiger partial charge in [-0.1, -0.05) is 44.9 Å². The molecule has 3 aliphatic rings. The van der Waals surface area contributed by atoms with Crippen molar-refractivity contribution in [3.8, 4) is 0 Å². The number of hydrogen-bond acceptors (Lipinski definition) is 27. The number of aliphatic hydroxyl groups is 9. The molecule has 3 aliphatic heterocycles. The van der Waals surface area contributed by atoms with Crippen molar-refractivity contribution >= 4 is 78.4 Å². The van der Waals surface area contributed by atoms with Crippen molar-refractivity contribution in [2.45, 2.75) is 254 Å². The third kappa shape index (κ3) is 35.7. The third-order valence-electron chi connectivity index (χ3n) is 16.0. The van der Waals surface area contributed by atoms with Crippen molar-refractivity contribution < 1.29 is 138 Å². The first-order chi connectivity index (χ1) is 46.3. The van der Waals surface area contributed by atoms with E-state index >= 15 is 0 Å². The summed E-state index contributed by atoms with van der Waals surface area (Å²) in [6.07, 6.45) is -10.9. The number of unbranched alkanes of at least 4 members (excludes halogenated alkanes) is 11. The van der Waals surface area contributed by atoms with Crippen LogP contribution in [0.2, 0.25) is 0 Å². The van der Waals surface area contributed by atoms with Gasteiger partial charge in [0.15, 0.2) is 37.7 Å². The van der Waals surface area contributed by atoms with Crippen molar-refractivity contribution in [3.05, 3.63) is 0 Å². The number of carbonyl (C=O) groups excluding carboxylic acids is 9. The molecule has 18 N–H and O–H groups in total. The second kappa shape index (κ2) is 51.1. The van der Waals surface area contributed by atoms with Gasteiger partial charge in [0.25, 0.3) is 0 Å². The molecule has 0 aliphatic carbocycles. The molecule has 34 nitrogen and oxygen atoms in total. The molecule has 3 heterocycles. The Morgan fingerprint density at radius 2 is 0.745 bits per heavy atom. The number of ether oxygens (including phenoxy) is 6. The van der Waals surface area contributed by atoms with E-state index in [0.29, 0.717) is 127 Å². The normalized spacial score (nSPS) is 25.9. The van der Waals surface area contributed by atoms with Gasteiger partial charge < -0.3 is 122 Å². The number of hydrogen-bond donors (Lipinski definition) is 20. The second-order valence-electron chi connectivity index (χ2n) is 24.3. The molecule has 3 saturated heterocycles. The average molecular weight is 1530 g/mol. The zero-order valence-electron chi connectivity index (χ0n) is 56.3. The monoisotopic (exact) mass is 1530 g/mol. The average Bonchev–Trinajstić information content (AvgIpc) is 0.830. The molecule has 0 bridgehead atoms. The van der Waals surface area contributed by atoms with E-state index in [2.05, 4.69) is 73.1 Å². The number of nitrogens with one attached hydrogen (secondary N) is 9. The van der Waals surface area contributed by atoms with Crippen LogP contribution in [0.3, 0.4) is 0 Å². The van der Waals surface area contributed by atoms with Crippen molar-refractivity contribution in [2.75, 3.05) is 77.1 Å². The fourth-order valence-electron chi connectivity index (χ4n) is 10.7. The van der Waals surface area contributed by atoms with Crippen LogP contribution in [0.4, 0.5) is 0 Å². The predicted molar refractivity (Wildman–Crippen MR) is 352 cm³/mol. The van der Waals surface area contributed by atoms with Crippen molar-refractivity contribution in [2.24, 2.45) is 0 Å². The molecule has 0 aromatic heterocycles. The molecule has 37 heteroatoms. The molecule has 17 atom stereocenters. The van der Waals surface area contributed by atoms with Crippen LogP contribution in [0, 0.1) is 0 Å². The van der Waals surface area contributed by atoms with Gasteiger partial charge >= 0.3 is 0 Å². The van der Waals surface area contributed by atoms with Gasteiger partial charge in [0.1, 0.15) is 66.8 Å². The van der Waals surface area contributed by atoms with E-state index in [1.165, 1.54) is 20.8 Å². The standard InChI is InChI=1S/C61H110N10O24S2.Tc/c1-36(72)66-45-48(79)51(82)56(87)93-59(45)90-30-16-7-4-12-24-62-41(75)22-20-39(54(85)64-25-13-5-8-17-31-91-60-46(67-37(2)73)49(80)52(83)57(88)94-60)70-43(77)23-21-40(69-42(76)19-11-10-15-28-71(29-34-97)35-44(78)63-27-33-96)55(86)65-26-14-6-9-18-32-92-61-47(68-38(3)74)50(81)53(84)58(89)95-61;/h39-40,45-53,56-61,79-84,87-89,96-97H,4-35H2,1-3H3,(H,62,75)(H,63,78)(H,64,85)(H,65,86)(H,66,72)(H,67,73)(H,68,74)(H,69,76)(H,70,77);/t39?,40?,45-,46-,47-,48-,49-,50-,51-,52-,53-,56+,57+,58+,59-,60-,61-;/m1./s1/i;1+1. The number of nitrogens with zero attached hydrogens (tertiary/aromatic N) is 1. The Morgan fingerprint density at radius 3 is 1.12 bits per heavy atom. The quantitative estimate of drug-likeness (QED) is 0.0201. The van der Waals surface area contributed by atoms with E-state index in [9.17, 15) is 89.1 Å². The summed E-state index contributed by atoms with van der Waals surface area (Å²) in [5.74, 6) is -3.26. The smallest absolute Gasteiger partial charge is 0.242 e. The molecular weight excluding hydrogens is 1420 g/mol. The van der Waals surface area contributed by atoms with Gasteiger partial charge in [-0.05, 0) is 70.8 Å².